The van der Waals surface area contributed by atoms with Crippen LogP contribution >= 0.6 is 0 Å². The van der Waals surface area contributed by atoms with Crippen molar-refractivity contribution in [1.29, 1.82) is 5.26 Å². The molecule has 1 saturated heterocycles. The number of primary amides is 1. The Hall–Kier alpha value is -1.93. The van der Waals surface area contributed by atoms with Crippen LogP contribution in [0.15, 0.2) is 18.3 Å². The molecule has 5 heteroatoms. The number of carbonyl (C=O) groups excluding carboxylic acids is 1. The van der Waals surface area contributed by atoms with E-state index in [0.29, 0.717) is 18.3 Å². The Balaban J connectivity index is 2.07. The first-order valence-corrected chi connectivity index (χ1v) is 6.48. The van der Waals surface area contributed by atoms with Crippen LogP contribution in [0.4, 0.5) is 0 Å². The molecule has 1 amide bonds. The van der Waals surface area contributed by atoms with Gasteiger partial charge in [0.15, 0.2) is 0 Å². The molecule has 0 radical (unpaired) electrons. The van der Waals surface area contributed by atoms with Gasteiger partial charge in [0.2, 0.25) is 5.91 Å². The molecule has 1 aliphatic rings. The summed E-state index contributed by atoms with van der Waals surface area (Å²) in [4.78, 5) is 17.5. The summed E-state index contributed by atoms with van der Waals surface area (Å²) >= 11 is 0. The fourth-order valence-corrected chi connectivity index (χ4v) is 2.50. The molecule has 1 aliphatic heterocycles. The molecular formula is C14H18N4O. The number of nitrogens with zero attached hydrogens (tertiary/aromatic N) is 3. The minimum Gasteiger partial charge on any atom is -0.369 e. The smallest absolute Gasteiger partial charge is 0.221 e. The fourth-order valence-electron chi connectivity index (χ4n) is 2.50. The van der Waals surface area contributed by atoms with Crippen LogP contribution in [0.2, 0.25) is 0 Å². The number of pyridine rings is 1. The zero-order chi connectivity index (χ0) is 13.8. The highest BCUT2D eigenvalue weighted by molar-refractivity contribution is 5.76. The van der Waals surface area contributed by atoms with Gasteiger partial charge in [-0.1, -0.05) is 0 Å². The summed E-state index contributed by atoms with van der Waals surface area (Å²) in [6, 6.07) is 6.16. The van der Waals surface area contributed by atoms with Crippen molar-refractivity contribution in [2.45, 2.75) is 32.4 Å². The minimum atomic E-state index is -0.218. The van der Waals surface area contributed by atoms with Crippen molar-refractivity contribution >= 4 is 5.91 Å². The van der Waals surface area contributed by atoms with Gasteiger partial charge in [-0.3, -0.25) is 9.69 Å². The molecule has 0 aromatic carbocycles. The van der Waals surface area contributed by atoms with Gasteiger partial charge in [-0.05, 0) is 37.5 Å². The zero-order valence-corrected chi connectivity index (χ0v) is 11.0. The van der Waals surface area contributed by atoms with Gasteiger partial charge in [0.05, 0.1) is 5.92 Å². The number of aromatic nitrogens is 1. The molecule has 2 atom stereocenters. The van der Waals surface area contributed by atoms with Gasteiger partial charge in [-0.15, -0.1) is 0 Å². The van der Waals surface area contributed by atoms with Gasteiger partial charge in [0.25, 0.3) is 0 Å². The van der Waals surface area contributed by atoms with E-state index in [1.165, 1.54) is 0 Å². The zero-order valence-electron chi connectivity index (χ0n) is 11.0. The van der Waals surface area contributed by atoms with E-state index in [1.807, 2.05) is 12.1 Å². The highest BCUT2D eigenvalue weighted by atomic mass is 16.1. The first kappa shape index (κ1) is 13.5. The fraction of sp³-hybridized carbons (Fsp3) is 0.500. The summed E-state index contributed by atoms with van der Waals surface area (Å²) in [7, 11) is 0. The average molecular weight is 258 g/mol. The number of amides is 1. The first-order chi connectivity index (χ1) is 9.10. The van der Waals surface area contributed by atoms with Gasteiger partial charge >= 0.3 is 0 Å². The van der Waals surface area contributed by atoms with Gasteiger partial charge in [0, 0.05) is 25.3 Å². The SMILES string of the molecule is CC1CCC(C(N)=O)CN1Cc1ccnc(C#N)c1. The largest absolute Gasteiger partial charge is 0.369 e. The van der Waals surface area contributed by atoms with E-state index in [2.05, 4.69) is 16.8 Å². The van der Waals surface area contributed by atoms with Crippen LogP contribution in [0.3, 0.4) is 0 Å². The van der Waals surface area contributed by atoms with Crippen molar-refractivity contribution in [3.63, 3.8) is 0 Å². The molecule has 1 fully saturated rings. The number of nitriles is 1. The van der Waals surface area contributed by atoms with Crippen LogP contribution in [0, 0.1) is 17.2 Å². The monoisotopic (exact) mass is 258 g/mol. The summed E-state index contributed by atoms with van der Waals surface area (Å²) in [6.07, 6.45) is 3.49. The number of carbonyl (C=O) groups is 1. The van der Waals surface area contributed by atoms with Gasteiger partial charge < -0.3 is 5.73 Å². The van der Waals surface area contributed by atoms with Crippen LogP contribution < -0.4 is 5.73 Å². The molecule has 1 aromatic rings. The summed E-state index contributed by atoms with van der Waals surface area (Å²) in [5.41, 5.74) is 6.86. The van der Waals surface area contributed by atoms with Crippen molar-refractivity contribution in [2.75, 3.05) is 6.54 Å². The van der Waals surface area contributed by atoms with Crippen molar-refractivity contribution in [2.24, 2.45) is 11.7 Å². The topological polar surface area (TPSA) is 83.0 Å². The van der Waals surface area contributed by atoms with Crippen LogP contribution in [-0.4, -0.2) is 28.4 Å². The van der Waals surface area contributed by atoms with Crippen molar-refractivity contribution in [3.8, 4) is 6.07 Å². The Labute approximate surface area is 113 Å². The molecular weight excluding hydrogens is 240 g/mol. The third-order valence-electron chi connectivity index (χ3n) is 3.74. The lowest BCUT2D eigenvalue weighted by Crippen LogP contribution is -2.45. The van der Waals surface area contributed by atoms with Crippen molar-refractivity contribution in [1.82, 2.24) is 9.88 Å². The van der Waals surface area contributed by atoms with E-state index < -0.39 is 0 Å². The predicted molar refractivity (Wildman–Crippen MR) is 70.7 cm³/mol. The van der Waals surface area contributed by atoms with E-state index in [0.717, 1.165) is 24.9 Å². The second-order valence-electron chi connectivity index (χ2n) is 5.12. The van der Waals surface area contributed by atoms with E-state index in [9.17, 15) is 4.79 Å². The molecule has 1 aromatic heterocycles. The number of likely N-dealkylation sites (tertiary alicyclic amines) is 1. The highest BCUT2D eigenvalue weighted by Gasteiger charge is 2.28. The Bertz CT molecular complexity index is 508. The van der Waals surface area contributed by atoms with Crippen LogP contribution in [0.1, 0.15) is 31.0 Å². The molecule has 2 rings (SSSR count). The Morgan fingerprint density at radius 1 is 1.63 bits per heavy atom. The third-order valence-corrected chi connectivity index (χ3v) is 3.74. The average Bonchev–Trinajstić information content (AvgIpc) is 2.41. The standard InChI is InChI=1S/C14H18N4O/c1-10-2-3-12(14(16)19)9-18(10)8-11-4-5-17-13(6-11)7-15/h4-6,10,12H,2-3,8-9H2,1H3,(H2,16,19). The maximum atomic E-state index is 11.3. The summed E-state index contributed by atoms with van der Waals surface area (Å²) < 4.78 is 0. The second kappa shape index (κ2) is 5.81. The Kier molecular flexibility index (Phi) is 4.13. The number of nitrogens with two attached hydrogens (primary N) is 1. The Morgan fingerprint density at radius 2 is 2.42 bits per heavy atom. The molecule has 2 N–H and O–H groups in total. The first-order valence-electron chi connectivity index (χ1n) is 6.48. The van der Waals surface area contributed by atoms with Gasteiger partial charge in [-0.25, -0.2) is 4.98 Å². The van der Waals surface area contributed by atoms with E-state index in [-0.39, 0.29) is 11.8 Å². The lowest BCUT2D eigenvalue weighted by atomic mass is 9.92. The lowest BCUT2D eigenvalue weighted by Gasteiger charge is -2.36. The molecule has 2 heterocycles. The lowest BCUT2D eigenvalue weighted by molar-refractivity contribution is -0.124. The van der Waals surface area contributed by atoms with Gasteiger partial charge in [0.1, 0.15) is 11.8 Å². The predicted octanol–water partition coefficient (Wildman–Crippen LogP) is 1.04. The molecule has 2 unspecified atom stereocenters. The van der Waals surface area contributed by atoms with Crippen molar-refractivity contribution in [3.05, 3.63) is 29.6 Å². The summed E-state index contributed by atoms with van der Waals surface area (Å²) in [5.74, 6) is -0.280. The van der Waals surface area contributed by atoms with E-state index in [4.69, 9.17) is 11.0 Å². The molecule has 0 bridgehead atoms. The maximum Gasteiger partial charge on any atom is 0.221 e. The van der Waals surface area contributed by atoms with E-state index >= 15 is 0 Å². The summed E-state index contributed by atoms with van der Waals surface area (Å²) in [6.45, 7) is 3.58. The maximum absolute atomic E-state index is 11.3. The molecule has 0 spiro atoms. The molecule has 19 heavy (non-hydrogen) atoms. The van der Waals surface area contributed by atoms with Gasteiger partial charge in [-0.2, -0.15) is 5.26 Å². The van der Waals surface area contributed by atoms with Crippen molar-refractivity contribution < 1.29 is 4.79 Å². The number of piperidine rings is 1. The Morgan fingerprint density at radius 3 is 3.11 bits per heavy atom. The molecule has 100 valence electrons. The van der Waals surface area contributed by atoms with Crippen LogP contribution in [0.25, 0.3) is 0 Å². The summed E-state index contributed by atoms with van der Waals surface area (Å²) in [5, 5.41) is 8.85. The van der Waals surface area contributed by atoms with E-state index in [1.54, 1.807) is 12.3 Å². The minimum absolute atomic E-state index is 0.0616. The normalized spacial score (nSPS) is 23.8. The third kappa shape index (κ3) is 3.30. The van der Waals surface area contributed by atoms with Crippen LogP contribution in [-0.2, 0) is 11.3 Å². The second-order valence-corrected chi connectivity index (χ2v) is 5.12. The molecule has 0 saturated carbocycles. The number of hydrogen-bond acceptors (Lipinski definition) is 4. The molecule has 0 aliphatic carbocycles. The van der Waals surface area contributed by atoms with Crippen LogP contribution in [0.5, 0.6) is 0 Å². The number of hydrogen-bond donors (Lipinski definition) is 1. The highest BCUT2D eigenvalue weighted by Crippen LogP contribution is 2.23. The number of rotatable bonds is 3. The quantitative estimate of drug-likeness (QED) is 0.878. The molecule has 5 nitrogen and oxygen atoms in total.